The minimum atomic E-state index is -3.63. The van der Waals surface area contributed by atoms with E-state index in [0.29, 0.717) is 25.3 Å². The van der Waals surface area contributed by atoms with Crippen LogP contribution in [0.25, 0.3) is 0 Å². The second-order valence-corrected chi connectivity index (χ2v) is 6.73. The number of methoxy groups -OCH3 is 1. The van der Waals surface area contributed by atoms with Crippen LogP contribution in [0.4, 0.5) is 0 Å². The Morgan fingerprint density at radius 2 is 2.05 bits per heavy atom. The van der Waals surface area contributed by atoms with Crippen molar-refractivity contribution in [2.24, 2.45) is 5.73 Å². The lowest BCUT2D eigenvalue weighted by Gasteiger charge is -2.16. The van der Waals surface area contributed by atoms with Gasteiger partial charge in [-0.3, -0.25) is 0 Å². The number of nitrogens with one attached hydrogen (secondary N) is 1. The molecule has 3 N–H and O–H groups in total. The molecule has 0 bridgehead atoms. The molecule has 0 amide bonds. The molecule has 0 saturated heterocycles. The molecule has 0 fully saturated rings. The summed E-state index contributed by atoms with van der Waals surface area (Å²) < 4.78 is 32.1. The van der Waals surface area contributed by atoms with E-state index in [0.717, 1.165) is 6.54 Å². The van der Waals surface area contributed by atoms with Crippen LogP contribution >= 0.6 is 12.2 Å². The molecule has 8 heteroatoms. The van der Waals surface area contributed by atoms with Crippen molar-refractivity contribution < 1.29 is 13.2 Å². The highest BCUT2D eigenvalue weighted by Crippen LogP contribution is 2.14. The van der Waals surface area contributed by atoms with Crippen LogP contribution in [0, 0.1) is 0 Å². The number of hydrogen-bond acceptors (Lipinski definition) is 5. The summed E-state index contributed by atoms with van der Waals surface area (Å²) in [5.41, 5.74) is 5.91. The van der Waals surface area contributed by atoms with Gasteiger partial charge in [0.05, 0.1) is 11.5 Å². The van der Waals surface area contributed by atoms with Gasteiger partial charge in [0.15, 0.2) is 0 Å². The van der Waals surface area contributed by atoms with Crippen molar-refractivity contribution in [3.05, 3.63) is 29.8 Å². The van der Waals surface area contributed by atoms with Gasteiger partial charge in [-0.1, -0.05) is 30.4 Å². The van der Waals surface area contributed by atoms with E-state index in [2.05, 4.69) is 4.72 Å². The first-order chi connectivity index (χ1) is 9.88. The molecule has 0 atom stereocenters. The zero-order valence-corrected chi connectivity index (χ0v) is 13.8. The molecule has 0 aliphatic heterocycles. The number of nitrogens with zero attached hydrogens (tertiary/aromatic N) is 1. The summed E-state index contributed by atoms with van der Waals surface area (Å²) in [6.07, 6.45) is 0. The number of nitrogens with two attached hydrogens (primary N) is 1. The molecule has 0 unspecified atom stereocenters. The third-order valence-corrected chi connectivity index (χ3v) is 4.64. The molecule has 6 nitrogen and oxygen atoms in total. The lowest BCUT2D eigenvalue weighted by atomic mass is 10.2. The summed E-state index contributed by atoms with van der Waals surface area (Å²) in [7, 11) is -0.100. The van der Waals surface area contributed by atoms with Crippen molar-refractivity contribution in [2.75, 3.05) is 40.4 Å². The van der Waals surface area contributed by atoms with E-state index in [1.807, 2.05) is 11.9 Å². The fourth-order valence-electron chi connectivity index (χ4n) is 1.71. The Labute approximate surface area is 131 Å². The predicted molar refractivity (Wildman–Crippen MR) is 86.9 cm³/mol. The van der Waals surface area contributed by atoms with Gasteiger partial charge in [0, 0.05) is 32.3 Å². The number of benzene rings is 1. The van der Waals surface area contributed by atoms with E-state index >= 15 is 0 Å². The largest absolute Gasteiger partial charge is 0.389 e. The molecular weight excluding hydrogens is 310 g/mol. The smallest absolute Gasteiger partial charge is 0.241 e. The van der Waals surface area contributed by atoms with Gasteiger partial charge in [0.1, 0.15) is 4.99 Å². The van der Waals surface area contributed by atoms with Crippen molar-refractivity contribution in [2.45, 2.75) is 4.90 Å². The fraction of sp³-hybridized carbons (Fsp3) is 0.462. The zero-order chi connectivity index (χ0) is 15.9. The molecule has 0 saturated carbocycles. The Balaban J connectivity index is 2.68. The van der Waals surface area contributed by atoms with Gasteiger partial charge in [-0.25, -0.2) is 13.1 Å². The number of sulfonamides is 1. The molecule has 0 aliphatic carbocycles. The SMILES string of the molecule is COCCN(C)CCNS(=O)(=O)c1ccccc1C(N)=S. The summed E-state index contributed by atoms with van der Waals surface area (Å²) in [4.78, 5) is 2.15. The van der Waals surface area contributed by atoms with E-state index in [9.17, 15) is 8.42 Å². The van der Waals surface area contributed by atoms with Crippen LogP contribution < -0.4 is 10.5 Å². The zero-order valence-electron chi connectivity index (χ0n) is 12.2. The number of hydrogen-bond donors (Lipinski definition) is 2. The molecule has 21 heavy (non-hydrogen) atoms. The first-order valence-corrected chi connectivity index (χ1v) is 8.33. The third-order valence-electron chi connectivity index (χ3n) is 2.90. The Kier molecular flexibility index (Phi) is 7.20. The highest BCUT2D eigenvalue weighted by molar-refractivity contribution is 7.89. The number of ether oxygens (including phenoxy) is 1. The van der Waals surface area contributed by atoms with Crippen molar-refractivity contribution in [3.63, 3.8) is 0 Å². The first kappa shape index (κ1) is 18.0. The van der Waals surface area contributed by atoms with Gasteiger partial charge >= 0.3 is 0 Å². The molecular formula is C13H21N3O3S2. The standard InChI is InChI=1S/C13H21N3O3S2/c1-16(9-10-19-2)8-7-15-21(17,18)12-6-4-3-5-11(12)13(14)20/h3-6,15H,7-10H2,1-2H3,(H2,14,20). The van der Waals surface area contributed by atoms with Crippen LogP contribution in [0.3, 0.4) is 0 Å². The maximum absolute atomic E-state index is 12.3. The molecule has 0 aliphatic rings. The summed E-state index contributed by atoms with van der Waals surface area (Å²) in [6.45, 7) is 2.22. The molecule has 0 aromatic heterocycles. The Hall–Kier alpha value is -1.06. The van der Waals surface area contributed by atoms with Gasteiger partial charge in [-0.2, -0.15) is 0 Å². The monoisotopic (exact) mass is 331 g/mol. The minimum Gasteiger partial charge on any atom is -0.389 e. The quantitative estimate of drug-likeness (QED) is 0.628. The average molecular weight is 331 g/mol. The number of thiocarbonyl (C=S) groups is 1. The second-order valence-electron chi connectivity index (χ2n) is 4.55. The highest BCUT2D eigenvalue weighted by atomic mass is 32.2. The Morgan fingerprint density at radius 3 is 2.67 bits per heavy atom. The van der Waals surface area contributed by atoms with Gasteiger partial charge < -0.3 is 15.4 Å². The van der Waals surface area contributed by atoms with Crippen LogP contribution in [-0.4, -0.2) is 58.7 Å². The molecule has 0 spiro atoms. The van der Waals surface area contributed by atoms with Crippen LogP contribution in [0.5, 0.6) is 0 Å². The average Bonchev–Trinajstić information content (AvgIpc) is 2.44. The predicted octanol–water partition coefficient (Wildman–Crippen LogP) is 0.177. The van der Waals surface area contributed by atoms with Crippen molar-refractivity contribution in [3.8, 4) is 0 Å². The molecule has 1 rings (SSSR count). The third kappa shape index (κ3) is 5.68. The number of likely N-dealkylation sites (N-methyl/N-ethyl adjacent to an activating group) is 1. The molecule has 0 radical (unpaired) electrons. The second kappa shape index (κ2) is 8.40. The van der Waals surface area contributed by atoms with E-state index < -0.39 is 10.0 Å². The lowest BCUT2D eigenvalue weighted by Crippen LogP contribution is -2.35. The van der Waals surface area contributed by atoms with E-state index in [-0.39, 0.29) is 9.88 Å². The summed E-state index contributed by atoms with van der Waals surface area (Å²) >= 11 is 4.88. The van der Waals surface area contributed by atoms with Crippen molar-refractivity contribution >= 4 is 27.2 Å². The molecule has 118 valence electrons. The lowest BCUT2D eigenvalue weighted by molar-refractivity contribution is 0.162. The normalized spacial score (nSPS) is 11.8. The summed E-state index contributed by atoms with van der Waals surface area (Å²) in [6, 6.07) is 6.43. The van der Waals surface area contributed by atoms with Gasteiger partial charge in [0.25, 0.3) is 0 Å². The van der Waals surface area contributed by atoms with Gasteiger partial charge in [-0.05, 0) is 13.1 Å². The summed E-state index contributed by atoms with van der Waals surface area (Å²) in [5.74, 6) is 0. The van der Waals surface area contributed by atoms with Gasteiger partial charge in [-0.15, -0.1) is 0 Å². The highest BCUT2D eigenvalue weighted by Gasteiger charge is 2.18. The number of rotatable bonds is 9. The minimum absolute atomic E-state index is 0.0631. The maximum Gasteiger partial charge on any atom is 0.241 e. The van der Waals surface area contributed by atoms with E-state index in [4.69, 9.17) is 22.7 Å². The molecule has 1 aromatic carbocycles. The molecule has 0 heterocycles. The van der Waals surface area contributed by atoms with Crippen LogP contribution in [-0.2, 0) is 14.8 Å². The van der Waals surface area contributed by atoms with Crippen LogP contribution in [0.15, 0.2) is 29.2 Å². The van der Waals surface area contributed by atoms with Crippen molar-refractivity contribution in [1.82, 2.24) is 9.62 Å². The van der Waals surface area contributed by atoms with Crippen LogP contribution in [0.1, 0.15) is 5.56 Å². The fourth-order valence-corrected chi connectivity index (χ4v) is 3.20. The van der Waals surface area contributed by atoms with E-state index in [1.165, 1.54) is 6.07 Å². The Bertz CT molecular complexity index is 576. The van der Waals surface area contributed by atoms with E-state index in [1.54, 1.807) is 25.3 Å². The van der Waals surface area contributed by atoms with Gasteiger partial charge in [0.2, 0.25) is 10.0 Å². The summed E-state index contributed by atoms with van der Waals surface area (Å²) in [5, 5.41) is 0. The van der Waals surface area contributed by atoms with Crippen LogP contribution in [0.2, 0.25) is 0 Å². The first-order valence-electron chi connectivity index (χ1n) is 6.44. The Morgan fingerprint density at radius 1 is 1.38 bits per heavy atom. The molecule has 1 aromatic rings. The topological polar surface area (TPSA) is 84.7 Å². The maximum atomic E-state index is 12.3. The van der Waals surface area contributed by atoms with Crippen molar-refractivity contribution in [1.29, 1.82) is 0 Å².